The lowest BCUT2D eigenvalue weighted by Crippen LogP contribution is -2.22. The molecule has 16 heavy (non-hydrogen) atoms. The van der Waals surface area contributed by atoms with E-state index in [0.29, 0.717) is 18.1 Å². The van der Waals surface area contributed by atoms with E-state index in [0.717, 1.165) is 11.1 Å². The van der Waals surface area contributed by atoms with Crippen molar-refractivity contribution in [2.75, 3.05) is 18.6 Å². The monoisotopic (exact) mass is 261 g/mol. The fourth-order valence-electron chi connectivity index (χ4n) is 1.28. The zero-order valence-electron chi connectivity index (χ0n) is 9.46. The Morgan fingerprint density at radius 2 is 2.06 bits per heavy atom. The molecule has 1 N–H and O–H groups in total. The maximum atomic E-state index is 10.9. The second-order valence-electron chi connectivity index (χ2n) is 3.90. The van der Waals surface area contributed by atoms with Crippen LogP contribution in [0, 0.1) is 6.92 Å². The Bertz CT molecular complexity index is 457. The first-order valence-electron chi connectivity index (χ1n) is 5.02. The topological polar surface area (TPSA) is 46.2 Å². The van der Waals surface area contributed by atoms with Crippen LogP contribution in [0.2, 0.25) is 5.02 Å². The molecule has 0 bridgehead atoms. The lowest BCUT2D eigenvalue weighted by atomic mass is 10.1. The number of sulfone groups is 1. The molecule has 0 spiro atoms. The van der Waals surface area contributed by atoms with Crippen molar-refractivity contribution in [3.8, 4) is 0 Å². The molecule has 1 aromatic carbocycles. The van der Waals surface area contributed by atoms with Crippen molar-refractivity contribution in [3.63, 3.8) is 0 Å². The highest BCUT2D eigenvalue weighted by molar-refractivity contribution is 7.90. The third kappa shape index (κ3) is 4.96. The van der Waals surface area contributed by atoms with Crippen molar-refractivity contribution >= 4 is 21.4 Å². The van der Waals surface area contributed by atoms with Gasteiger partial charge in [0, 0.05) is 24.4 Å². The van der Waals surface area contributed by atoms with Crippen molar-refractivity contribution in [1.82, 2.24) is 5.32 Å². The highest BCUT2D eigenvalue weighted by Crippen LogP contribution is 2.16. The van der Waals surface area contributed by atoms with Gasteiger partial charge in [0.2, 0.25) is 0 Å². The Morgan fingerprint density at radius 3 is 2.62 bits per heavy atom. The third-order valence-electron chi connectivity index (χ3n) is 2.17. The summed E-state index contributed by atoms with van der Waals surface area (Å²) < 4.78 is 21.8. The molecule has 0 atom stereocenters. The van der Waals surface area contributed by atoms with Gasteiger partial charge in [0.05, 0.1) is 5.75 Å². The van der Waals surface area contributed by atoms with Crippen molar-refractivity contribution in [1.29, 1.82) is 0 Å². The predicted octanol–water partition coefficient (Wildman–Crippen LogP) is 1.78. The SMILES string of the molecule is Cc1ccc(CNCCS(C)(=O)=O)c(Cl)c1. The highest BCUT2D eigenvalue weighted by atomic mass is 35.5. The van der Waals surface area contributed by atoms with Gasteiger partial charge >= 0.3 is 0 Å². The Labute approximate surface area is 102 Å². The Balaban J connectivity index is 2.43. The number of aryl methyl sites for hydroxylation is 1. The van der Waals surface area contributed by atoms with Gasteiger partial charge in [0.25, 0.3) is 0 Å². The maximum absolute atomic E-state index is 10.9. The van der Waals surface area contributed by atoms with Crippen LogP contribution < -0.4 is 5.32 Å². The van der Waals surface area contributed by atoms with E-state index < -0.39 is 9.84 Å². The largest absolute Gasteiger partial charge is 0.312 e. The molecule has 0 saturated heterocycles. The van der Waals surface area contributed by atoms with E-state index in [-0.39, 0.29) is 5.75 Å². The maximum Gasteiger partial charge on any atom is 0.148 e. The van der Waals surface area contributed by atoms with Crippen LogP contribution in [-0.2, 0) is 16.4 Å². The first-order chi connectivity index (χ1) is 7.38. The van der Waals surface area contributed by atoms with Gasteiger partial charge in [-0.3, -0.25) is 0 Å². The molecule has 5 heteroatoms. The standard InChI is InChI=1S/C11H16ClNO2S/c1-9-3-4-10(11(12)7-9)8-13-5-6-16(2,14)15/h3-4,7,13H,5-6,8H2,1-2H3. The molecular weight excluding hydrogens is 246 g/mol. The smallest absolute Gasteiger partial charge is 0.148 e. The zero-order chi connectivity index (χ0) is 12.2. The van der Waals surface area contributed by atoms with Gasteiger partial charge < -0.3 is 5.32 Å². The Kier molecular flexibility index (Phi) is 4.77. The molecule has 0 amide bonds. The average Bonchev–Trinajstić information content (AvgIpc) is 2.13. The summed E-state index contributed by atoms with van der Waals surface area (Å²) in [6.45, 7) is 3.02. The molecule has 0 aliphatic carbocycles. The molecule has 0 unspecified atom stereocenters. The van der Waals surface area contributed by atoms with Crippen LogP contribution >= 0.6 is 11.6 Å². The molecular formula is C11H16ClNO2S. The fraction of sp³-hybridized carbons (Fsp3) is 0.455. The first kappa shape index (κ1) is 13.5. The van der Waals surface area contributed by atoms with Crippen molar-refractivity contribution in [2.45, 2.75) is 13.5 Å². The highest BCUT2D eigenvalue weighted by Gasteiger charge is 2.03. The van der Waals surface area contributed by atoms with Crippen molar-refractivity contribution < 1.29 is 8.42 Å². The summed E-state index contributed by atoms with van der Waals surface area (Å²) in [5, 5.41) is 3.77. The number of nitrogens with one attached hydrogen (secondary N) is 1. The minimum absolute atomic E-state index is 0.149. The molecule has 0 radical (unpaired) electrons. The van der Waals surface area contributed by atoms with Crippen LogP contribution in [-0.4, -0.2) is 27.0 Å². The number of hydrogen-bond donors (Lipinski definition) is 1. The molecule has 1 aromatic rings. The zero-order valence-corrected chi connectivity index (χ0v) is 11.0. The quantitative estimate of drug-likeness (QED) is 0.822. The van der Waals surface area contributed by atoms with Gasteiger partial charge in [-0.25, -0.2) is 8.42 Å². The summed E-state index contributed by atoms with van der Waals surface area (Å²) in [4.78, 5) is 0. The Morgan fingerprint density at radius 1 is 1.38 bits per heavy atom. The molecule has 90 valence electrons. The van der Waals surface area contributed by atoms with Gasteiger partial charge in [-0.05, 0) is 24.1 Å². The van der Waals surface area contributed by atoms with Crippen LogP contribution in [0.25, 0.3) is 0 Å². The van der Waals surface area contributed by atoms with E-state index in [1.54, 1.807) is 0 Å². The molecule has 0 aliphatic heterocycles. The summed E-state index contributed by atoms with van der Waals surface area (Å²) in [6, 6.07) is 5.83. The lowest BCUT2D eigenvalue weighted by Gasteiger charge is -2.06. The van der Waals surface area contributed by atoms with Crippen molar-refractivity contribution in [3.05, 3.63) is 34.3 Å². The van der Waals surface area contributed by atoms with Gasteiger partial charge in [-0.1, -0.05) is 23.7 Å². The van der Waals surface area contributed by atoms with Gasteiger partial charge in [0.1, 0.15) is 9.84 Å². The van der Waals surface area contributed by atoms with E-state index >= 15 is 0 Å². The van der Waals surface area contributed by atoms with Crippen LogP contribution in [0.1, 0.15) is 11.1 Å². The van der Waals surface area contributed by atoms with E-state index in [1.807, 2.05) is 25.1 Å². The van der Waals surface area contributed by atoms with Crippen LogP contribution in [0.4, 0.5) is 0 Å². The van der Waals surface area contributed by atoms with Gasteiger partial charge in [-0.2, -0.15) is 0 Å². The predicted molar refractivity (Wildman–Crippen MR) is 67.6 cm³/mol. The summed E-state index contributed by atoms with van der Waals surface area (Å²) in [5.41, 5.74) is 2.10. The second-order valence-corrected chi connectivity index (χ2v) is 6.57. The summed E-state index contributed by atoms with van der Waals surface area (Å²) in [5.74, 6) is 0.149. The summed E-state index contributed by atoms with van der Waals surface area (Å²) in [6.07, 6.45) is 1.23. The van der Waals surface area contributed by atoms with E-state index in [4.69, 9.17) is 11.6 Å². The summed E-state index contributed by atoms with van der Waals surface area (Å²) >= 11 is 6.04. The molecule has 0 saturated carbocycles. The van der Waals surface area contributed by atoms with Crippen molar-refractivity contribution in [2.24, 2.45) is 0 Å². The summed E-state index contributed by atoms with van der Waals surface area (Å²) in [7, 11) is -2.89. The van der Waals surface area contributed by atoms with Gasteiger partial charge in [-0.15, -0.1) is 0 Å². The van der Waals surface area contributed by atoms with Crippen LogP contribution in [0.15, 0.2) is 18.2 Å². The molecule has 0 heterocycles. The van der Waals surface area contributed by atoms with Gasteiger partial charge in [0.15, 0.2) is 0 Å². The minimum Gasteiger partial charge on any atom is -0.312 e. The van der Waals surface area contributed by atoms with E-state index in [2.05, 4.69) is 5.32 Å². The van der Waals surface area contributed by atoms with Crippen LogP contribution in [0.3, 0.4) is 0 Å². The third-order valence-corrected chi connectivity index (χ3v) is 3.47. The number of benzene rings is 1. The number of rotatable bonds is 5. The average molecular weight is 262 g/mol. The van der Waals surface area contributed by atoms with E-state index in [1.165, 1.54) is 6.26 Å². The number of halogens is 1. The second kappa shape index (κ2) is 5.66. The van der Waals surface area contributed by atoms with E-state index in [9.17, 15) is 8.42 Å². The fourth-order valence-corrected chi connectivity index (χ4v) is 2.09. The minimum atomic E-state index is -2.89. The first-order valence-corrected chi connectivity index (χ1v) is 7.46. The molecule has 1 rings (SSSR count). The molecule has 0 aliphatic rings. The normalized spacial score (nSPS) is 11.7. The number of hydrogen-bond acceptors (Lipinski definition) is 3. The lowest BCUT2D eigenvalue weighted by molar-refractivity contribution is 0.596. The molecule has 0 aromatic heterocycles. The van der Waals surface area contributed by atoms with Crippen LogP contribution in [0.5, 0.6) is 0 Å². The molecule has 0 fully saturated rings. The Hall–Kier alpha value is -0.580. The molecule has 3 nitrogen and oxygen atoms in total.